The van der Waals surface area contributed by atoms with Crippen LogP contribution in [0.25, 0.3) is 6.08 Å². The number of nitriles is 1. The van der Waals surface area contributed by atoms with Crippen molar-refractivity contribution in [2.24, 2.45) is 0 Å². The van der Waals surface area contributed by atoms with Crippen molar-refractivity contribution in [1.29, 1.82) is 5.26 Å². The van der Waals surface area contributed by atoms with Crippen LogP contribution in [-0.2, 0) is 17.8 Å². The van der Waals surface area contributed by atoms with Gasteiger partial charge in [0, 0.05) is 32.7 Å². The molecule has 1 heterocycles. The van der Waals surface area contributed by atoms with Crippen molar-refractivity contribution >= 4 is 11.8 Å². The molecule has 0 spiro atoms. The van der Waals surface area contributed by atoms with Crippen molar-refractivity contribution in [2.75, 3.05) is 24.6 Å². The van der Waals surface area contributed by atoms with E-state index in [0.29, 0.717) is 24.3 Å². The largest absolute Gasteiger partial charge is 0.377 e. The Bertz CT molecular complexity index is 917. The second-order valence-electron chi connectivity index (χ2n) is 6.86. The minimum atomic E-state index is -0.416. The van der Waals surface area contributed by atoms with Gasteiger partial charge in [0.05, 0.1) is 22.8 Å². The molecule has 0 unspecified atom stereocenters. The van der Waals surface area contributed by atoms with Gasteiger partial charge in [-0.25, -0.2) is 0 Å². The molecule has 3 rings (SSSR count). The molecule has 0 atom stereocenters. The van der Waals surface area contributed by atoms with Crippen molar-refractivity contribution in [1.82, 2.24) is 0 Å². The quantitative estimate of drug-likeness (QED) is 0.392. The van der Waals surface area contributed by atoms with Crippen LogP contribution in [0, 0.1) is 21.4 Å². The van der Waals surface area contributed by atoms with Crippen LogP contribution < -0.4 is 4.90 Å². The highest BCUT2D eigenvalue weighted by Crippen LogP contribution is 2.33. The molecule has 28 heavy (non-hydrogen) atoms. The minimum Gasteiger partial charge on any atom is -0.377 e. The number of nitro groups is 1. The van der Waals surface area contributed by atoms with Crippen molar-refractivity contribution in [2.45, 2.75) is 26.4 Å². The predicted molar refractivity (Wildman–Crippen MR) is 108 cm³/mol. The lowest BCUT2D eigenvalue weighted by molar-refractivity contribution is -0.422. The molecule has 6 nitrogen and oxygen atoms in total. The number of benzene rings is 2. The van der Waals surface area contributed by atoms with Gasteiger partial charge in [-0.1, -0.05) is 30.3 Å². The number of nitrogens with zero attached hydrogens (tertiary/aromatic N) is 3. The number of fused-ring (bicyclic) bond motifs is 1. The van der Waals surface area contributed by atoms with Gasteiger partial charge >= 0.3 is 0 Å². The highest BCUT2D eigenvalue weighted by Gasteiger charge is 2.23. The molecule has 6 heteroatoms. The van der Waals surface area contributed by atoms with Gasteiger partial charge in [0.2, 0.25) is 5.70 Å². The molecule has 0 aliphatic carbocycles. The van der Waals surface area contributed by atoms with Crippen molar-refractivity contribution in [3.05, 3.63) is 80.5 Å². The van der Waals surface area contributed by atoms with E-state index in [9.17, 15) is 15.4 Å². The Morgan fingerprint density at radius 3 is 2.86 bits per heavy atom. The molecule has 1 aliphatic heterocycles. The standard InChI is InChI=1S/C22H23N3O3/c1-17(25(26)27)12-19-13-20-8-10-24(22(20)21(14-19)15-23)9-5-11-28-16-18-6-3-2-4-7-18/h2-4,6-7,12-14H,5,8-11,16H2,1H3. The maximum atomic E-state index is 10.9. The maximum absolute atomic E-state index is 10.9. The Morgan fingerprint density at radius 1 is 1.36 bits per heavy atom. The van der Waals surface area contributed by atoms with Crippen molar-refractivity contribution in [3.8, 4) is 6.07 Å². The topological polar surface area (TPSA) is 79.4 Å². The second-order valence-corrected chi connectivity index (χ2v) is 6.86. The number of ether oxygens (including phenoxy) is 1. The molecule has 0 saturated heterocycles. The van der Waals surface area contributed by atoms with E-state index < -0.39 is 4.92 Å². The molecule has 144 valence electrons. The molecule has 0 bridgehead atoms. The van der Waals surface area contributed by atoms with Crippen LogP contribution >= 0.6 is 0 Å². The van der Waals surface area contributed by atoms with E-state index in [2.05, 4.69) is 11.0 Å². The lowest BCUT2D eigenvalue weighted by Gasteiger charge is -2.20. The normalized spacial score (nSPS) is 13.3. The smallest absolute Gasteiger partial charge is 0.243 e. The summed E-state index contributed by atoms with van der Waals surface area (Å²) in [5, 5.41) is 20.4. The summed E-state index contributed by atoms with van der Waals surface area (Å²) in [6.07, 6.45) is 3.23. The third kappa shape index (κ3) is 4.76. The monoisotopic (exact) mass is 377 g/mol. The fraction of sp³-hybridized carbons (Fsp3) is 0.318. The number of allylic oxidation sites excluding steroid dienone is 1. The Labute approximate surface area is 164 Å². The van der Waals surface area contributed by atoms with E-state index in [4.69, 9.17) is 4.74 Å². The summed E-state index contributed by atoms with van der Waals surface area (Å²) < 4.78 is 5.75. The fourth-order valence-corrected chi connectivity index (χ4v) is 3.46. The first-order valence-electron chi connectivity index (χ1n) is 9.35. The predicted octanol–water partition coefficient (Wildman–Crippen LogP) is 4.17. The lowest BCUT2D eigenvalue weighted by atomic mass is 10.0. The van der Waals surface area contributed by atoms with Gasteiger partial charge in [0.1, 0.15) is 6.07 Å². The van der Waals surface area contributed by atoms with Crippen LogP contribution in [0.5, 0.6) is 0 Å². The molecule has 1 aliphatic rings. The van der Waals surface area contributed by atoms with E-state index in [1.165, 1.54) is 13.0 Å². The third-order valence-corrected chi connectivity index (χ3v) is 4.79. The molecule has 0 saturated carbocycles. The molecule has 2 aromatic carbocycles. The molecule has 0 radical (unpaired) electrons. The van der Waals surface area contributed by atoms with E-state index in [1.807, 2.05) is 36.4 Å². The zero-order valence-corrected chi connectivity index (χ0v) is 15.9. The third-order valence-electron chi connectivity index (χ3n) is 4.79. The van der Waals surface area contributed by atoms with Crippen LogP contribution in [0.4, 0.5) is 5.69 Å². The molecular formula is C22H23N3O3. The van der Waals surface area contributed by atoms with Gasteiger partial charge in [-0.2, -0.15) is 5.26 Å². The van der Waals surface area contributed by atoms with Crippen LogP contribution in [0.2, 0.25) is 0 Å². The zero-order chi connectivity index (χ0) is 19.9. The first-order valence-corrected chi connectivity index (χ1v) is 9.35. The summed E-state index contributed by atoms with van der Waals surface area (Å²) in [6.45, 7) is 4.39. The number of hydrogen-bond acceptors (Lipinski definition) is 5. The van der Waals surface area contributed by atoms with Gasteiger partial charge in [0.25, 0.3) is 0 Å². The Morgan fingerprint density at radius 2 is 2.14 bits per heavy atom. The van der Waals surface area contributed by atoms with Crippen LogP contribution in [0.15, 0.2) is 48.2 Å². The first-order chi connectivity index (χ1) is 13.6. The Balaban J connectivity index is 1.61. The minimum absolute atomic E-state index is 0.0641. The summed E-state index contributed by atoms with van der Waals surface area (Å²) in [7, 11) is 0. The van der Waals surface area contributed by atoms with Gasteiger partial charge in [0.15, 0.2) is 0 Å². The average molecular weight is 377 g/mol. The Kier molecular flexibility index (Phi) is 6.41. The fourth-order valence-electron chi connectivity index (χ4n) is 3.46. The molecule has 2 aromatic rings. The van der Waals surface area contributed by atoms with Crippen LogP contribution in [0.1, 0.15) is 35.6 Å². The Hall–Kier alpha value is -3.17. The summed E-state index contributed by atoms with van der Waals surface area (Å²) in [5.74, 6) is 0. The summed E-state index contributed by atoms with van der Waals surface area (Å²) in [4.78, 5) is 12.7. The maximum Gasteiger partial charge on any atom is 0.243 e. The SMILES string of the molecule is CC(=Cc1cc(C#N)c2c(c1)CCN2CCCOCc1ccccc1)[N+](=O)[O-]. The summed E-state index contributed by atoms with van der Waals surface area (Å²) in [6, 6.07) is 16.0. The summed E-state index contributed by atoms with van der Waals surface area (Å²) >= 11 is 0. The van der Waals surface area contributed by atoms with E-state index in [0.717, 1.165) is 42.7 Å². The van der Waals surface area contributed by atoms with E-state index in [-0.39, 0.29) is 5.70 Å². The average Bonchev–Trinajstić information content (AvgIpc) is 3.10. The van der Waals surface area contributed by atoms with E-state index >= 15 is 0 Å². The highest BCUT2D eigenvalue weighted by molar-refractivity contribution is 5.71. The number of rotatable bonds is 8. The van der Waals surface area contributed by atoms with Gasteiger partial charge < -0.3 is 9.64 Å². The number of anilines is 1. The van der Waals surface area contributed by atoms with Crippen LogP contribution in [0.3, 0.4) is 0 Å². The highest BCUT2D eigenvalue weighted by atomic mass is 16.6. The van der Waals surface area contributed by atoms with E-state index in [1.54, 1.807) is 6.07 Å². The van der Waals surface area contributed by atoms with Crippen molar-refractivity contribution in [3.63, 3.8) is 0 Å². The lowest BCUT2D eigenvalue weighted by Crippen LogP contribution is -2.23. The molecule has 0 aromatic heterocycles. The molecule has 0 N–H and O–H groups in total. The molecule has 0 fully saturated rings. The van der Waals surface area contributed by atoms with Gasteiger partial charge in [-0.3, -0.25) is 10.1 Å². The van der Waals surface area contributed by atoms with Crippen LogP contribution in [-0.4, -0.2) is 24.6 Å². The summed E-state index contributed by atoms with van der Waals surface area (Å²) in [5.41, 5.74) is 4.54. The zero-order valence-electron chi connectivity index (χ0n) is 15.9. The first kappa shape index (κ1) is 19.6. The number of hydrogen-bond donors (Lipinski definition) is 0. The molecule has 0 amide bonds. The van der Waals surface area contributed by atoms with Crippen molar-refractivity contribution < 1.29 is 9.66 Å². The molecular weight excluding hydrogens is 354 g/mol. The van der Waals surface area contributed by atoms with Gasteiger partial charge in [-0.15, -0.1) is 0 Å². The van der Waals surface area contributed by atoms with Gasteiger partial charge in [-0.05, 0) is 41.7 Å². The second kappa shape index (κ2) is 9.16.